The van der Waals surface area contributed by atoms with Crippen molar-refractivity contribution in [2.24, 2.45) is 0 Å². The van der Waals surface area contributed by atoms with Crippen LogP contribution >= 0.6 is 11.6 Å². The molecule has 130 valence electrons. The Morgan fingerprint density at radius 1 is 1.12 bits per heavy atom. The van der Waals surface area contributed by atoms with Crippen LogP contribution in [0.25, 0.3) is 6.08 Å². The summed E-state index contributed by atoms with van der Waals surface area (Å²) in [5.41, 5.74) is 5.09. The average molecular weight is 354 g/mol. The van der Waals surface area contributed by atoms with Crippen molar-refractivity contribution in [3.05, 3.63) is 75.8 Å². The number of carbonyl (C=O) groups excluding carboxylic acids is 1. The van der Waals surface area contributed by atoms with Gasteiger partial charge in [0.2, 0.25) is 5.91 Å². The molecular weight excluding hydrogens is 330 g/mol. The normalized spacial score (nSPS) is 15.0. The van der Waals surface area contributed by atoms with Gasteiger partial charge >= 0.3 is 0 Å². The fourth-order valence-corrected chi connectivity index (χ4v) is 3.48. The molecule has 0 unspecified atom stereocenters. The zero-order valence-electron chi connectivity index (χ0n) is 14.6. The molecule has 2 nitrogen and oxygen atoms in total. The highest BCUT2D eigenvalue weighted by Gasteiger charge is 2.15. The van der Waals surface area contributed by atoms with Gasteiger partial charge < -0.3 is 5.32 Å². The van der Waals surface area contributed by atoms with Crippen molar-refractivity contribution in [1.82, 2.24) is 5.32 Å². The molecule has 2 aromatic carbocycles. The molecule has 25 heavy (non-hydrogen) atoms. The number of nitrogens with one attached hydrogen (secondary N) is 1. The molecule has 1 atom stereocenters. The van der Waals surface area contributed by atoms with Gasteiger partial charge in [0.05, 0.1) is 6.04 Å². The van der Waals surface area contributed by atoms with Crippen LogP contribution in [0.5, 0.6) is 0 Å². The third kappa shape index (κ3) is 4.73. The number of hydrogen-bond donors (Lipinski definition) is 1. The van der Waals surface area contributed by atoms with E-state index in [1.165, 1.54) is 36.0 Å². The quantitative estimate of drug-likeness (QED) is 0.706. The topological polar surface area (TPSA) is 29.1 Å². The van der Waals surface area contributed by atoms with E-state index in [4.69, 9.17) is 11.6 Å². The minimum absolute atomic E-state index is 0.0506. The summed E-state index contributed by atoms with van der Waals surface area (Å²) in [6.45, 7) is 2.10. The molecule has 0 saturated heterocycles. The summed E-state index contributed by atoms with van der Waals surface area (Å²) < 4.78 is 0. The monoisotopic (exact) mass is 353 g/mol. The van der Waals surface area contributed by atoms with Crippen LogP contribution in [-0.4, -0.2) is 5.91 Å². The molecule has 1 aliphatic rings. The van der Waals surface area contributed by atoms with Gasteiger partial charge in [-0.05, 0) is 72.6 Å². The molecular formula is C22H24ClNO. The number of aryl methyl sites for hydroxylation is 2. The molecule has 3 heteroatoms. The molecule has 0 radical (unpaired) electrons. The molecule has 1 aliphatic carbocycles. The van der Waals surface area contributed by atoms with Crippen molar-refractivity contribution in [3.8, 4) is 0 Å². The summed E-state index contributed by atoms with van der Waals surface area (Å²) in [6, 6.07) is 14.2. The average Bonchev–Trinajstić information content (AvgIpc) is 2.65. The first-order valence-corrected chi connectivity index (χ1v) is 9.39. The van der Waals surface area contributed by atoms with E-state index in [0.717, 1.165) is 18.4 Å². The molecule has 3 rings (SSSR count). The van der Waals surface area contributed by atoms with Crippen molar-refractivity contribution in [3.63, 3.8) is 0 Å². The summed E-state index contributed by atoms with van der Waals surface area (Å²) in [6.07, 6.45) is 9.17. The number of benzene rings is 2. The zero-order valence-corrected chi connectivity index (χ0v) is 15.4. The molecule has 2 aromatic rings. The minimum Gasteiger partial charge on any atom is -0.346 e. The largest absolute Gasteiger partial charge is 0.346 e. The van der Waals surface area contributed by atoms with Crippen molar-refractivity contribution in [1.29, 1.82) is 0 Å². The second-order valence-corrected chi connectivity index (χ2v) is 7.03. The Morgan fingerprint density at radius 3 is 2.56 bits per heavy atom. The third-order valence-corrected chi connectivity index (χ3v) is 5.05. The minimum atomic E-state index is -0.0699. The summed E-state index contributed by atoms with van der Waals surface area (Å²) in [5.74, 6) is -0.0699. The van der Waals surface area contributed by atoms with Crippen LogP contribution in [0.3, 0.4) is 0 Å². The Hall–Kier alpha value is -2.06. The van der Waals surface area contributed by atoms with Crippen molar-refractivity contribution < 1.29 is 4.79 Å². The van der Waals surface area contributed by atoms with Gasteiger partial charge in [0.15, 0.2) is 0 Å². The molecule has 0 spiro atoms. The molecule has 0 aromatic heterocycles. The molecule has 0 bridgehead atoms. The first-order chi connectivity index (χ1) is 12.2. The van der Waals surface area contributed by atoms with Gasteiger partial charge in [0, 0.05) is 11.1 Å². The lowest BCUT2D eigenvalue weighted by atomic mass is 9.89. The lowest BCUT2D eigenvalue weighted by Crippen LogP contribution is -2.26. The summed E-state index contributed by atoms with van der Waals surface area (Å²) in [5, 5.41) is 3.81. The Bertz CT molecular complexity index is 764. The highest BCUT2D eigenvalue weighted by Crippen LogP contribution is 2.26. The lowest BCUT2D eigenvalue weighted by molar-refractivity contribution is -0.117. The standard InChI is InChI=1S/C22H24ClNO/c1-2-21(19-11-10-17-5-3-4-6-18(17)15-19)24-22(25)14-9-16-7-12-20(23)13-8-16/h7-15,21H,2-6H2,1H3,(H,24,25)/b14-9+/t21-/m1/s1. The molecule has 1 N–H and O–H groups in total. The van der Waals surface area contributed by atoms with E-state index >= 15 is 0 Å². The number of amides is 1. The number of hydrogen-bond acceptors (Lipinski definition) is 1. The lowest BCUT2D eigenvalue weighted by Gasteiger charge is -2.21. The van der Waals surface area contributed by atoms with E-state index in [9.17, 15) is 4.79 Å². The Kier molecular flexibility index (Phi) is 5.93. The summed E-state index contributed by atoms with van der Waals surface area (Å²) in [7, 11) is 0. The Morgan fingerprint density at radius 2 is 1.84 bits per heavy atom. The Labute approximate surface area is 154 Å². The molecule has 0 aliphatic heterocycles. The van der Waals surface area contributed by atoms with Crippen LogP contribution in [0, 0.1) is 0 Å². The number of halogens is 1. The smallest absolute Gasteiger partial charge is 0.244 e. The molecule has 0 fully saturated rings. The van der Waals surface area contributed by atoms with E-state index < -0.39 is 0 Å². The first-order valence-electron chi connectivity index (χ1n) is 9.01. The van der Waals surface area contributed by atoms with Crippen molar-refractivity contribution in [2.75, 3.05) is 0 Å². The number of fused-ring (bicyclic) bond motifs is 1. The van der Waals surface area contributed by atoms with E-state index in [-0.39, 0.29) is 11.9 Å². The van der Waals surface area contributed by atoms with Crippen LogP contribution in [-0.2, 0) is 17.6 Å². The summed E-state index contributed by atoms with van der Waals surface area (Å²) in [4.78, 5) is 12.3. The second-order valence-electron chi connectivity index (χ2n) is 6.59. The maximum absolute atomic E-state index is 12.3. The SMILES string of the molecule is CC[C@@H](NC(=O)/C=C/c1ccc(Cl)cc1)c1ccc2c(c1)CCCC2. The van der Waals surface area contributed by atoms with Gasteiger partial charge in [0.25, 0.3) is 0 Å². The van der Waals surface area contributed by atoms with E-state index in [1.54, 1.807) is 6.08 Å². The highest BCUT2D eigenvalue weighted by atomic mass is 35.5. The maximum atomic E-state index is 12.3. The van der Waals surface area contributed by atoms with Gasteiger partial charge in [-0.25, -0.2) is 0 Å². The second kappa shape index (κ2) is 8.35. The predicted molar refractivity (Wildman–Crippen MR) is 105 cm³/mol. The van der Waals surface area contributed by atoms with Crippen molar-refractivity contribution >= 4 is 23.6 Å². The zero-order chi connectivity index (χ0) is 17.6. The fourth-order valence-electron chi connectivity index (χ4n) is 3.36. The fraction of sp³-hybridized carbons (Fsp3) is 0.318. The van der Waals surface area contributed by atoms with Crippen LogP contribution in [0.4, 0.5) is 0 Å². The van der Waals surface area contributed by atoms with Gasteiger partial charge in [-0.1, -0.05) is 48.9 Å². The van der Waals surface area contributed by atoms with Gasteiger partial charge in [0.1, 0.15) is 0 Å². The van der Waals surface area contributed by atoms with Crippen LogP contribution in [0.15, 0.2) is 48.5 Å². The summed E-state index contributed by atoms with van der Waals surface area (Å²) >= 11 is 5.88. The molecule has 1 amide bonds. The van der Waals surface area contributed by atoms with Gasteiger partial charge in [-0.2, -0.15) is 0 Å². The van der Waals surface area contributed by atoms with Crippen LogP contribution in [0.1, 0.15) is 54.5 Å². The van der Waals surface area contributed by atoms with Crippen molar-refractivity contribution in [2.45, 2.75) is 45.1 Å². The van der Waals surface area contributed by atoms with Gasteiger partial charge in [-0.15, -0.1) is 0 Å². The van der Waals surface area contributed by atoms with E-state index in [2.05, 4.69) is 30.4 Å². The number of rotatable bonds is 5. The van der Waals surface area contributed by atoms with E-state index in [0.29, 0.717) is 5.02 Å². The molecule has 0 heterocycles. The first kappa shape index (κ1) is 17.8. The van der Waals surface area contributed by atoms with Gasteiger partial charge in [-0.3, -0.25) is 4.79 Å². The van der Waals surface area contributed by atoms with E-state index in [1.807, 2.05) is 30.3 Å². The third-order valence-electron chi connectivity index (χ3n) is 4.80. The Balaban J connectivity index is 1.67. The predicted octanol–water partition coefficient (Wildman–Crippen LogP) is 5.50. The van der Waals surface area contributed by atoms with Crippen LogP contribution < -0.4 is 5.32 Å². The molecule has 0 saturated carbocycles. The number of carbonyl (C=O) groups is 1. The maximum Gasteiger partial charge on any atom is 0.244 e. The van der Waals surface area contributed by atoms with Crippen LogP contribution in [0.2, 0.25) is 5.02 Å². The highest BCUT2D eigenvalue weighted by molar-refractivity contribution is 6.30.